The van der Waals surface area contributed by atoms with Crippen LogP contribution in [0.4, 0.5) is 0 Å². The molecule has 2 aliphatic heterocycles. The molecule has 2 aliphatic carbocycles. The van der Waals surface area contributed by atoms with Gasteiger partial charge < -0.3 is 15.2 Å². The first kappa shape index (κ1) is 11.3. The lowest BCUT2D eigenvalue weighted by Crippen LogP contribution is -2.45. The van der Waals surface area contributed by atoms with Crippen molar-refractivity contribution in [3.8, 4) is 0 Å². The van der Waals surface area contributed by atoms with Crippen LogP contribution in [0.1, 0.15) is 17.5 Å². The molecule has 4 fully saturated rings. The molecule has 4 nitrogen and oxygen atoms in total. The summed E-state index contributed by atoms with van der Waals surface area (Å²) < 4.78 is 6.26. The van der Waals surface area contributed by atoms with Crippen molar-refractivity contribution in [1.82, 2.24) is 5.32 Å². The SMILES string of the molecule is Cc1cccc([C@]23NC(=O)[C@@H]4[C@H]5C[C@@H]([C@H](O2)[C@H]5O)[C@H]43)c1. The quantitative estimate of drug-likeness (QED) is 0.798. The summed E-state index contributed by atoms with van der Waals surface area (Å²) in [5.74, 6) is 0.578. The molecule has 2 saturated heterocycles. The Balaban J connectivity index is 1.71. The fourth-order valence-electron chi connectivity index (χ4n) is 5.28. The molecule has 4 aliphatic rings. The van der Waals surface area contributed by atoms with Gasteiger partial charge in [-0.15, -0.1) is 0 Å². The fraction of sp³-hybridized carbons (Fsp3) is 0.562. The highest BCUT2D eigenvalue weighted by molar-refractivity contribution is 5.84. The average Bonchev–Trinajstić information content (AvgIpc) is 3.07. The largest absolute Gasteiger partial charge is 0.390 e. The maximum Gasteiger partial charge on any atom is 0.226 e. The third-order valence-corrected chi connectivity index (χ3v) is 5.90. The highest BCUT2D eigenvalue weighted by atomic mass is 16.5. The topological polar surface area (TPSA) is 58.6 Å². The van der Waals surface area contributed by atoms with Crippen LogP contribution >= 0.6 is 0 Å². The van der Waals surface area contributed by atoms with Crippen LogP contribution in [0.3, 0.4) is 0 Å². The minimum Gasteiger partial charge on any atom is -0.390 e. The van der Waals surface area contributed by atoms with Crippen molar-refractivity contribution >= 4 is 5.91 Å². The molecule has 1 amide bonds. The summed E-state index contributed by atoms with van der Waals surface area (Å²) in [7, 11) is 0. The van der Waals surface area contributed by atoms with Crippen molar-refractivity contribution in [1.29, 1.82) is 0 Å². The van der Waals surface area contributed by atoms with Gasteiger partial charge in [0, 0.05) is 11.5 Å². The summed E-state index contributed by atoms with van der Waals surface area (Å²) in [4.78, 5) is 12.4. The first-order valence-electron chi connectivity index (χ1n) is 7.37. The predicted molar refractivity (Wildman–Crippen MR) is 70.5 cm³/mol. The summed E-state index contributed by atoms with van der Waals surface area (Å²) in [6, 6.07) is 8.17. The van der Waals surface area contributed by atoms with E-state index in [-0.39, 0.29) is 29.8 Å². The summed E-state index contributed by atoms with van der Waals surface area (Å²) in [6.45, 7) is 2.05. The molecular weight excluding hydrogens is 254 g/mol. The molecule has 0 aromatic heterocycles. The monoisotopic (exact) mass is 271 g/mol. The number of carbonyl (C=O) groups is 1. The van der Waals surface area contributed by atoms with Crippen molar-refractivity contribution in [3.63, 3.8) is 0 Å². The second kappa shape index (κ2) is 3.26. The number of hydrogen-bond donors (Lipinski definition) is 2. The third-order valence-electron chi connectivity index (χ3n) is 5.90. The van der Waals surface area contributed by atoms with Gasteiger partial charge in [-0.3, -0.25) is 4.79 Å². The summed E-state index contributed by atoms with van der Waals surface area (Å²) in [5.41, 5.74) is 1.49. The first-order valence-corrected chi connectivity index (χ1v) is 7.37. The lowest BCUT2D eigenvalue weighted by Gasteiger charge is -2.30. The Labute approximate surface area is 117 Å². The van der Waals surface area contributed by atoms with E-state index in [1.165, 1.54) is 0 Å². The Hall–Kier alpha value is -1.39. The predicted octanol–water partition coefficient (Wildman–Crippen LogP) is 0.919. The molecule has 0 radical (unpaired) electrons. The number of rotatable bonds is 1. The Morgan fingerprint density at radius 2 is 2.25 bits per heavy atom. The number of fused-ring (bicyclic) bond motifs is 2. The molecule has 2 N–H and O–H groups in total. The molecule has 7 atom stereocenters. The van der Waals surface area contributed by atoms with Gasteiger partial charge in [0.05, 0.1) is 18.1 Å². The molecule has 1 aromatic rings. The maximum atomic E-state index is 12.4. The zero-order chi connectivity index (χ0) is 13.6. The zero-order valence-corrected chi connectivity index (χ0v) is 11.2. The lowest BCUT2D eigenvalue weighted by atomic mass is 9.75. The van der Waals surface area contributed by atoms with E-state index in [0.29, 0.717) is 5.92 Å². The fourth-order valence-corrected chi connectivity index (χ4v) is 5.28. The molecule has 0 spiro atoms. The number of nitrogens with one attached hydrogen (secondary N) is 1. The van der Waals surface area contributed by atoms with Gasteiger partial charge in [0.15, 0.2) is 5.72 Å². The van der Waals surface area contributed by atoms with Gasteiger partial charge in [0.2, 0.25) is 5.91 Å². The minimum absolute atomic E-state index is 0.0567. The van der Waals surface area contributed by atoms with Crippen LogP contribution in [0.15, 0.2) is 24.3 Å². The second-order valence-corrected chi connectivity index (χ2v) is 6.78. The molecule has 2 saturated carbocycles. The Morgan fingerprint density at radius 1 is 1.40 bits per heavy atom. The molecule has 104 valence electrons. The Bertz CT molecular complexity index is 630. The van der Waals surface area contributed by atoms with Gasteiger partial charge in [0.25, 0.3) is 0 Å². The molecule has 5 rings (SSSR count). The number of aryl methyl sites for hydroxylation is 1. The number of aliphatic hydroxyl groups is 1. The van der Waals surface area contributed by atoms with E-state index in [9.17, 15) is 9.90 Å². The highest BCUT2D eigenvalue weighted by Gasteiger charge is 2.76. The number of benzene rings is 1. The van der Waals surface area contributed by atoms with Gasteiger partial charge in [-0.25, -0.2) is 0 Å². The molecule has 2 heterocycles. The van der Waals surface area contributed by atoms with E-state index in [2.05, 4.69) is 11.4 Å². The smallest absolute Gasteiger partial charge is 0.226 e. The van der Waals surface area contributed by atoms with Crippen LogP contribution in [0, 0.1) is 30.6 Å². The van der Waals surface area contributed by atoms with E-state index in [0.717, 1.165) is 17.5 Å². The zero-order valence-electron chi connectivity index (χ0n) is 11.2. The third kappa shape index (κ3) is 1.03. The van der Waals surface area contributed by atoms with Crippen LogP contribution in [0.25, 0.3) is 0 Å². The highest BCUT2D eigenvalue weighted by Crippen LogP contribution is 2.67. The number of hydrogen-bond acceptors (Lipinski definition) is 3. The van der Waals surface area contributed by atoms with Gasteiger partial charge in [-0.1, -0.05) is 29.8 Å². The number of ether oxygens (including phenoxy) is 1. The Kier molecular flexibility index (Phi) is 1.84. The molecular formula is C16H17NO3. The van der Waals surface area contributed by atoms with Crippen LogP contribution < -0.4 is 5.32 Å². The van der Waals surface area contributed by atoms with Crippen LogP contribution in [-0.2, 0) is 15.3 Å². The maximum absolute atomic E-state index is 12.4. The van der Waals surface area contributed by atoms with Crippen LogP contribution in [0.2, 0.25) is 0 Å². The second-order valence-electron chi connectivity index (χ2n) is 6.78. The van der Waals surface area contributed by atoms with Crippen molar-refractivity contribution in [2.75, 3.05) is 0 Å². The van der Waals surface area contributed by atoms with Gasteiger partial charge in [-0.05, 0) is 25.2 Å². The number of carbonyl (C=O) groups excluding carboxylic acids is 1. The standard InChI is InChI=1S/C16H17NO3/c1-7-3-2-4-8(5-7)16-12-10-6-9(11(12)15(19)17-16)13(18)14(10)20-16/h2-5,9-14,18H,6H2,1H3,(H,17,19)/t9-,10-,11-,12-,13+,14+,16+/m1/s1. The molecule has 2 bridgehead atoms. The van der Waals surface area contributed by atoms with Gasteiger partial charge >= 0.3 is 0 Å². The molecule has 4 heteroatoms. The van der Waals surface area contributed by atoms with E-state index in [1.807, 2.05) is 25.1 Å². The van der Waals surface area contributed by atoms with E-state index >= 15 is 0 Å². The number of amides is 1. The summed E-state index contributed by atoms with van der Waals surface area (Å²) in [6.07, 6.45) is 0.351. The van der Waals surface area contributed by atoms with Gasteiger partial charge in [0.1, 0.15) is 0 Å². The van der Waals surface area contributed by atoms with E-state index < -0.39 is 11.8 Å². The normalized spacial score (nSPS) is 50.8. The van der Waals surface area contributed by atoms with E-state index in [1.54, 1.807) is 0 Å². The van der Waals surface area contributed by atoms with Crippen molar-refractivity contribution in [2.24, 2.45) is 23.7 Å². The molecule has 20 heavy (non-hydrogen) atoms. The summed E-state index contributed by atoms with van der Waals surface area (Å²) >= 11 is 0. The minimum atomic E-state index is -0.699. The van der Waals surface area contributed by atoms with Crippen LogP contribution in [0.5, 0.6) is 0 Å². The molecule has 0 unspecified atom stereocenters. The summed E-state index contributed by atoms with van der Waals surface area (Å²) in [5, 5.41) is 13.5. The molecule has 1 aromatic carbocycles. The van der Waals surface area contributed by atoms with Crippen molar-refractivity contribution in [3.05, 3.63) is 35.4 Å². The first-order chi connectivity index (χ1) is 9.62. The number of aliphatic hydroxyl groups excluding tert-OH is 1. The van der Waals surface area contributed by atoms with Crippen LogP contribution in [-0.4, -0.2) is 23.2 Å². The van der Waals surface area contributed by atoms with E-state index in [4.69, 9.17) is 4.74 Å². The Morgan fingerprint density at radius 3 is 3.05 bits per heavy atom. The van der Waals surface area contributed by atoms with Crippen molar-refractivity contribution in [2.45, 2.75) is 31.3 Å². The lowest BCUT2D eigenvalue weighted by molar-refractivity contribution is -0.141. The van der Waals surface area contributed by atoms with Gasteiger partial charge in [-0.2, -0.15) is 0 Å². The van der Waals surface area contributed by atoms with Crippen molar-refractivity contribution < 1.29 is 14.6 Å². The average molecular weight is 271 g/mol.